The molecular weight excluding hydrogens is 454 g/mol. The maximum absolute atomic E-state index is 13.3. The highest BCUT2D eigenvalue weighted by Gasteiger charge is 2.35. The molecular formula is C27H26ClNO5. The second kappa shape index (κ2) is 10.2. The molecule has 7 heteroatoms. The van der Waals surface area contributed by atoms with Gasteiger partial charge < -0.3 is 14.6 Å². The summed E-state index contributed by atoms with van der Waals surface area (Å²) in [5, 5.41) is 9.57. The number of rotatable bonds is 6. The van der Waals surface area contributed by atoms with E-state index in [1.165, 1.54) is 0 Å². The topological polar surface area (TPSA) is 76.1 Å². The number of carboxylic acid groups (broad SMARTS) is 1. The van der Waals surface area contributed by atoms with Crippen LogP contribution in [0.15, 0.2) is 60.7 Å². The van der Waals surface area contributed by atoms with Crippen LogP contribution in [0.25, 0.3) is 0 Å². The van der Waals surface area contributed by atoms with Gasteiger partial charge in [0.2, 0.25) is 0 Å². The largest absolute Gasteiger partial charge is 0.482 e. The van der Waals surface area contributed by atoms with E-state index < -0.39 is 24.7 Å². The number of carboxylic acids is 1. The first kappa shape index (κ1) is 23.6. The van der Waals surface area contributed by atoms with Crippen molar-refractivity contribution in [1.82, 2.24) is 4.90 Å². The number of benzene rings is 3. The number of ether oxygens (including phenoxy) is 2. The summed E-state index contributed by atoms with van der Waals surface area (Å²) in [6.07, 6.45) is 0.223. The molecule has 1 atom stereocenters. The molecule has 0 saturated carbocycles. The van der Waals surface area contributed by atoms with Crippen molar-refractivity contribution >= 4 is 23.7 Å². The Balaban J connectivity index is 1.68. The van der Waals surface area contributed by atoms with Gasteiger partial charge in [0, 0.05) is 17.1 Å². The minimum Gasteiger partial charge on any atom is -0.482 e. The van der Waals surface area contributed by atoms with Crippen molar-refractivity contribution in [2.45, 2.75) is 32.9 Å². The molecule has 3 aromatic rings. The number of hydrogen-bond acceptors (Lipinski definition) is 4. The molecule has 176 valence electrons. The van der Waals surface area contributed by atoms with Crippen molar-refractivity contribution in [3.63, 3.8) is 0 Å². The Labute approximate surface area is 203 Å². The van der Waals surface area contributed by atoms with E-state index in [0.717, 1.165) is 27.8 Å². The minimum absolute atomic E-state index is 0.160. The third-order valence-electron chi connectivity index (χ3n) is 5.98. The number of aryl methyl sites for hydroxylation is 2. The summed E-state index contributed by atoms with van der Waals surface area (Å²) in [6, 6.07) is 18.4. The number of fused-ring (bicyclic) bond motifs is 1. The SMILES string of the molecule is Cc1ccc(COC(=O)N2CCc3ccccc3C2c2cc(Cl)ccc2OCC(=O)O)c(C)c1. The molecule has 1 heterocycles. The summed E-state index contributed by atoms with van der Waals surface area (Å²) in [4.78, 5) is 26.1. The Bertz CT molecular complexity index is 1230. The first-order valence-electron chi connectivity index (χ1n) is 11.0. The summed E-state index contributed by atoms with van der Waals surface area (Å²) in [7, 11) is 0. The monoisotopic (exact) mass is 479 g/mol. The van der Waals surface area contributed by atoms with Crippen LogP contribution in [0.4, 0.5) is 4.79 Å². The summed E-state index contributed by atoms with van der Waals surface area (Å²) in [5.74, 6) is -0.727. The highest BCUT2D eigenvalue weighted by atomic mass is 35.5. The molecule has 1 unspecified atom stereocenters. The average Bonchev–Trinajstić information content (AvgIpc) is 2.81. The first-order valence-corrected chi connectivity index (χ1v) is 11.4. The van der Waals surface area contributed by atoms with Crippen molar-refractivity contribution < 1.29 is 24.2 Å². The maximum atomic E-state index is 13.3. The molecule has 34 heavy (non-hydrogen) atoms. The van der Waals surface area contributed by atoms with E-state index in [2.05, 4.69) is 6.07 Å². The van der Waals surface area contributed by atoms with E-state index in [9.17, 15) is 9.59 Å². The van der Waals surface area contributed by atoms with Crippen LogP contribution in [-0.2, 0) is 22.6 Å². The smallest absolute Gasteiger partial charge is 0.410 e. The molecule has 1 N–H and O–H groups in total. The number of carbonyl (C=O) groups excluding carboxylic acids is 1. The zero-order chi connectivity index (χ0) is 24.2. The zero-order valence-corrected chi connectivity index (χ0v) is 19.8. The van der Waals surface area contributed by atoms with Gasteiger partial charge in [0.05, 0.1) is 6.04 Å². The van der Waals surface area contributed by atoms with Gasteiger partial charge in [-0.05, 0) is 60.7 Å². The summed E-state index contributed by atoms with van der Waals surface area (Å²) in [5.41, 5.74) is 5.81. The number of nitrogens with zero attached hydrogens (tertiary/aromatic N) is 1. The van der Waals surface area contributed by atoms with Gasteiger partial charge in [-0.2, -0.15) is 0 Å². The number of carbonyl (C=O) groups is 2. The molecule has 0 aliphatic carbocycles. The van der Waals surface area contributed by atoms with Gasteiger partial charge in [-0.25, -0.2) is 9.59 Å². The lowest BCUT2D eigenvalue weighted by molar-refractivity contribution is -0.139. The number of aliphatic carboxylic acids is 1. The molecule has 0 aromatic heterocycles. The van der Waals surface area contributed by atoms with Crippen LogP contribution in [-0.4, -0.2) is 35.2 Å². The number of halogens is 1. The van der Waals surface area contributed by atoms with Crippen LogP contribution in [0, 0.1) is 13.8 Å². The fourth-order valence-corrected chi connectivity index (χ4v) is 4.51. The maximum Gasteiger partial charge on any atom is 0.410 e. The predicted molar refractivity (Wildman–Crippen MR) is 129 cm³/mol. The third kappa shape index (κ3) is 5.18. The van der Waals surface area contributed by atoms with Crippen LogP contribution in [0.3, 0.4) is 0 Å². The van der Waals surface area contributed by atoms with Crippen LogP contribution >= 0.6 is 11.6 Å². The molecule has 6 nitrogen and oxygen atoms in total. The van der Waals surface area contributed by atoms with Gasteiger partial charge in [-0.15, -0.1) is 0 Å². The van der Waals surface area contributed by atoms with Crippen LogP contribution in [0.1, 0.15) is 39.4 Å². The van der Waals surface area contributed by atoms with Gasteiger partial charge in [-0.3, -0.25) is 4.90 Å². The molecule has 1 amide bonds. The van der Waals surface area contributed by atoms with Crippen molar-refractivity contribution in [2.24, 2.45) is 0 Å². The standard InChI is InChI=1S/C27H26ClNO5/c1-17-7-8-20(18(2)13-17)15-34-27(32)29-12-11-19-5-3-4-6-22(19)26(29)23-14-21(28)9-10-24(23)33-16-25(30)31/h3-10,13-14,26H,11-12,15-16H2,1-2H3,(H,30,31). The number of hydrogen-bond donors (Lipinski definition) is 1. The quantitative estimate of drug-likeness (QED) is 0.490. The summed E-state index contributed by atoms with van der Waals surface area (Å²) < 4.78 is 11.3. The van der Waals surface area contributed by atoms with E-state index in [0.29, 0.717) is 29.3 Å². The second-order valence-corrected chi connectivity index (χ2v) is 8.83. The molecule has 1 aliphatic rings. The predicted octanol–water partition coefficient (Wildman–Crippen LogP) is 5.70. The van der Waals surface area contributed by atoms with Crippen LogP contribution < -0.4 is 4.74 Å². The normalized spacial score (nSPS) is 14.9. The van der Waals surface area contributed by atoms with Gasteiger partial charge >= 0.3 is 12.1 Å². The van der Waals surface area contributed by atoms with Crippen LogP contribution in [0.2, 0.25) is 5.02 Å². The average molecular weight is 480 g/mol. The fraction of sp³-hybridized carbons (Fsp3) is 0.259. The molecule has 0 fully saturated rings. The Hall–Kier alpha value is -3.51. The third-order valence-corrected chi connectivity index (χ3v) is 6.22. The molecule has 4 rings (SSSR count). The molecule has 0 bridgehead atoms. The van der Waals surface area contributed by atoms with Gasteiger partial charge in [-0.1, -0.05) is 59.6 Å². The molecule has 0 radical (unpaired) electrons. The summed E-state index contributed by atoms with van der Waals surface area (Å²) in [6.45, 7) is 4.12. The van der Waals surface area contributed by atoms with Crippen molar-refractivity contribution in [2.75, 3.05) is 13.2 Å². The van der Waals surface area contributed by atoms with Gasteiger partial charge in [0.25, 0.3) is 0 Å². The first-order chi connectivity index (χ1) is 16.3. The zero-order valence-electron chi connectivity index (χ0n) is 19.1. The van der Waals surface area contributed by atoms with Gasteiger partial charge in [0.1, 0.15) is 12.4 Å². The van der Waals surface area contributed by atoms with E-state index in [1.54, 1.807) is 23.1 Å². The number of amides is 1. The fourth-order valence-electron chi connectivity index (χ4n) is 4.33. The van der Waals surface area contributed by atoms with E-state index >= 15 is 0 Å². The lowest BCUT2D eigenvalue weighted by Gasteiger charge is -2.37. The Morgan fingerprint density at radius 1 is 1.06 bits per heavy atom. The Morgan fingerprint density at radius 3 is 2.62 bits per heavy atom. The van der Waals surface area contributed by atoms with Crippen molar-refractivity contribution in [3.05, 3.63) is 99.1 Å². The van der Waals surface area contributed by atoms with E-state index in [4.69, 9.17) is 26.2 Å². The Morgan fingerprint density at radius 2 is 1.85 bits per heavy atom. The van der Waals surface area contributed by atoms with Gasteiger partial charge in [0.15, 0.2) is 6.61 Å². The molecule has 0 saturated heterocycles. The van der Waals surface area contributed by atoms with Crippen molar-refractivity contribution in [3.8, 4) is 5.75 Å². The summed E-state index contributed by atoms with van der Waals surface area (Å²) >= 11 is 6.32. The van der Waals surface area contributed by atoms with Crippen molar-refractivity contribution in [1.29, 1.82) is 0 Å². The van der Waals surface area contributed by atoms with E-state index in [1.807, 2.05) is 50.2 Å². The lowest BCUT2D eigenvalue weighted by atomic mass is 9.88. The highest BCUT2D eigenvalue weighted by molar-refractivity contribution is 6.30. The molecule has 0 spiro atoms. The molecule has 1 aliphatic heterocycles. The molecule has 3 aromatic carbocycles. The van der Waals surface area contributed by atoms with E-state index in [-0.39, 0.29) is 6.61 Å². The Kier molecular flexibility index (Phi) is 7.08. The van der Waals surface area contributed by atoms with Crippen LogP contribution in [0.5, 0.6) is 5.75 Å². The minimum atomic E-state index is -1.09. The second-order valence-electron chi connectivity index (χ2n) is 8.39. The lowest BCUT2D eigenvalue weighted by Crippen LogP contribution is -2.41. The highest BCUT2D eigenvalue weighted by Crippen LogP contribution is 2.40.